The van der Waals surface area contributed by atoms with E-state index >= 15 is 0 Å². The molecular weight excluding hydrogens is 411 g/mol. The lowest BCUT2D eigenvalue weighted by Crippen LogP contribution is -2.41. The van der Waals surface area contributed by atoms with Gasteiger partial charge in [-0.3, -0.25) is 10.1 Å². The molecule has 0 saturated heterocycles. The van der Waals surface area contributed by atoms with E-state index in [0.717, 1.165) is 16.9 Å². The number of anilines is 1. The summed E-state index contributed by atoms with van der Waals surface area (Å²) in [6.07, 6.45) is 0. The van der Waals surface area contributed by atoms with Crippen molar-refractivity contribution in [3.05, 3.63) is 40.6 Å². The maximum Gasteiger partial charge on any atom is 0.350 e. The maximum atomic E-state index is 12.0. The largest absolute Gasteiger partial charge is 0.465 e. The van der Waals surface area contributed by atoms with Crippen LogP contribution >= 0.6 is 46.1 Å². The van der Waals surface area contributed by atoms with Gasteiger partial charge in [-0.25, -0.2) is 9.59 Å². The molecule has 0 radical (unpaired) electrons. The molecule has 0 aliphatic carbocycles. The first-order chi connectivity index (χ1) is 11.7. The van der Waals surface area contributed by atoms with E-state index in [-0.39, 0.29) is 10.6 Å². The lowest BCUT2D eigenvalue weighted by molar-refractivity contribution is -0.119. The first-order valence-corrected chi connectivity index (χ1v) is 8.69. The summed E-state index contributed by atoms with van der Waals surface area (Å²) >= 11 is 17.3. The standard InChI is InChI=1S/C15H11Cl3N2O4S/c1-24-12(21)11-10(19-14(23)20-13(22)15(16,17)18)9(7-25-11)8-5-3-2-4-6-8/h2-7H,1H3,(H2,19,20,22,23). The minimum Gasteiger partial charge on any atom is -0.465 e. The molecule has 2 N–H and O–H groups in total. The predicted molar refractivity (Wildman–Crippen MR) is 98.5 cm³/mol. The highest BCUT2D eigenvalue weighted by atomic mass is 35.6. The predicted octanol–water partition coefficient (Wildman–Crippen LogP) is 4.22. The fraction of sp³-hybridized carbons (Fsp3) is 0.133. The number of nitrogens with one attached hydrogen (secondary N) is 2. The van der Waals surface area contributed by atoms with E-state index in [4.69, 9.17) is 39.5 Å². The Morgan fingerprint density at radius 2 is 1.76 bits per heavy atom. The lowest BCUT2D eigenvalue weighted by atomic mass is 10.1. The summed E-state index contributed by atoms with van der Waals surface area (Å²) in [7, 11) is 1.22. The number of imide groups is 1. The lowest BCUT2D eigenvalue weighted by Gasteiger charge is -2.13. The SMILES string of the molecule is COC(=O)c1scc(-c2ccccc2)c1NC(=O)NC(=O)C(Cl)(Cl)Cl. The van der Waals surface area contributed by atoms with Crippen LogP contribution in [0.4, 0.5) is 10.5 Å². The zero-order valence-corrected chi connectivity index (χ0v) is 15.7. The van der Waals surface area contributed by atoms with Crippen molar-refractivity contribution in [1.29, 1.82) is 0 Å². The molecule has 0 fully saturated rings. The van der Waals surface area contributed by atoms with Gasteiger partial charge in [0.05, 0.1) is 12.8 Å². The van der Waals surface area contributed by atoms with Gasteiger partial charge in [0.15, 0.2) is 0 Å². The number of alkyl halides is 3. The molecule has 0 spiro atoms. The number of thiophene rings is 1. The van der Waals surface area contributed by atoms with Crippen LogP contribution in [0.1, 0.15) is 9.67 Å². The van der Waals surface area contributed by atoms with Gasteiger partial charge in [-0.15, -0.1) is 11.3 Å². The number of hydrogen-bond acceptors (Lipinski definition) is 5. The van der Waals surface area contributed by atoms with Gasteiger partial charge in [0.2, 0.25) is 0 Å². The number of methoxy groups -OCH3 is 1. The van der Waals surface area contributed by atoms with E-state index in [1.807, 2.05) is 11.4 Å². The van der Waals surface area contributed by atoms with Crippen LogP contribution in [0, 0.1) is 0 Å². The maximum absolute atomic E-state index is 12.0. The summed E-state index contributed by atoms with van der Waals surface area (Å²) in [5.41, 5.74) is 1.54. The first kappa shape index (κ1) is 19.5. The Bertz CT molecular complexity index is 803. The molecule has 1 aromatic carbocycles. The third kappa shape index (κ3) is 4.85. The summed E-state index contributed by atoms with van der Waals surface area (Å²) in [4.78, 5) is 35.7. The number of amides is 3. The average molecular weight is 422 g/mol. The van der Waals surface area contributed by atoms with Crippen LogP contribution in [0.3, 0.4) is 0 Å². The van der Waals surface area contributed by atoms with Crippen LogP contribution in [-0.2, 0) is 9.53 Å². The van der Waals surface area contributed by atoms with Gasteiger partial charge in [0, 0.05) is 10.9 Å². The second-order valence-electron chi connectivity index (χ2n) is 4.62. The normalized spacial score (nSPS) is 10.9. The molecule has 10 heteroatoms. The van der Waals surface area contributed by atoms with E-state index in [9.17, 15) is 14.4 Å². The topological polar surface area (TPSA) is 84.5 Å². The molecule has 1 aromatic heterocycles. The molecule has 2 rings (SSSR count). The summed E-state index contributed by atoms with van der Waals surface area (Å²) in [5.74, 6) is -1.75. The molecule has 0 atom stereocenters. The number of halogens is 3. The number of rotatable bonds is 3. The Morgan fingerprint density at radius 3 is 2.32 bits per heavy atom. The molecule has 25 heavy (non-hydrogen) atoms. The zero-order valence-electron chi connectivity index (χ0n) is 12.6. The molecule has 1 heterocycles. The third-order valence-electron chi connectivity index (χ3n) is 2.97. The van der Waals surface area contributed by atoms with Crippen molar-refractivity contribution in [3.63, 3.8) is 0 Å². The van der Waals surface area contributed by atoms with E-state index in [1.54, 1.807) is 29.6 Å². The molecule has 0 saturated carbocycles. The molecule has 2 aromatic rings. The number of urea groups is 1. The number of carbonyl (C=O) groups is 3. The van der Waals surface area contributed by atoms with E-state index in [1.165, 1.54) is 7.11 Å². The van der Waals surface area contributed by atoms with E-state index < -0.39 is 21.7 Å². The monoisotopic (exact) mass is 420 g/mol. The summed E-state index contributed by atoms with van der Waals surface area (Å²) in [6.45, 7) is 0. The number of esters is 1. The van der Waals surface area contributed by atoms with Crippen molar-refractivity contribution < 1.29 is 19.1 Å². The Balaban J connectivity index is 2.34. The Morgan fingerprint density at radius 1 is 1.12 bits per heavy atom. The van der Waals surface area contributed by atoms with Crippen molar-refractivity contribution in [2.24, 2.45) is 0 Å². The van der Waals surface area contributed by atoms with Gasteiger partial charge in [0.25, 0.3) is 9.70 Å². The number of benzene rings is 1. The number of carbonyl (C=O) groups excluding carboxylic acids is 3. The van der Waals surface area contributed by atoms with Crippen molar-refractivity contribution >= 4 is 69.7 Å². The highest BCUT2D eigenvalue weighted by Gasteiger charge is 2.32. The molecular formula is C15H11Cl3N2O4S. The number of ether oxygens (including phenoxy) is 1. The second-order valence-corrected chi connectivity index (χ2v) is 7.78. The van der Waals surface area contributed by atoms with E-state index in [2.05, 4.69) is 5.32 Å². The fourth-order valence-corrected chi connectivity index (χ4v) is 2.96. The summed E-state index contributed by atoms with van der Waals surface area (Å²) in [5, 5.41) is 6.02. The van der Waals surface area contributed by atoms with Crippen LogP contribution in [0.2, 0.25) is 0 Å². The minimum absolute atomic E-state index is 0.165. The molecule has 0 aliphatic rings. The van der Waals surface area contributed by atoms with Gasteiger partial charge in [-0.1, -0.05) is 65.1 Å². The molecule has 6 nitrogen and oxygen atoms in total. The van der Waals surface area contributed by atoms with Gasteiger partial charge in [0.1, 0.15) is 4.88 Å². The smallest absolute Gasteiger partial charge is 0.350 e. The highest BCUT2D eigenvalue weighted by Crippen LogP contribution is 2.37. The Labute approximate surface area is 162 Å². The van der Waals surface area contributed by atoms with Gasteiger partial charge in [-0.2, -0.15) is 0 Å². The van der Waals surface area contributed by atoms with Gasteiger partial charge >= 0.3 is 12.0 Å². The van der Waals surface area contributed by atoms with Crippen LogP contribution in [0.15, 0.2) is 35.7 Å². The summed E-state index contributed by atoms with van der Waals surface area (Å²) < 4.78 is 2.42. The van der Waals surface area contributed by atoms with Crippen LogP contribution in [0.5, 0.6) is 0 Å². The average Bonchev–Trinajstić information content (AvgIpc) is 2.97. The zero-order chi connectivity index (χ0) is 18.6. The summed E-state index contributed by atoms with van der Waals surface area (Å²) in [6, 6.07) is 8.10. The highest BCUT2D eigenvalue weighted by molar-refractivity contribution is 7.13. The first-order valence-electron chi connectivity index (χ1n) is 6.68. The second kappa shape index (κ2) is 8.05. The van der Waals surface area contributed by atoms with Gasteiger partial charge in [-0.05, 0) is 5.56 Å². The van der Waals surface area contributed by atoms with Crippen molar-refractivity contribution in [2.45, 2.75) is 3.79 Å². The van der Waals surface area contributed by atoms with Crippen molar-refractivity contribution in [2.75, 3.05) is 12.4 Å². The van der Waals surface area contributed by atoms with Crippen LogP contribution in [-0.4, -0.2) is 28.8 Å². The molecule has 3 amide bonds. The number of hydrogen-bond donors (Lipinski definition) is 2. The van der Waals surface area contributed by atoms with E-state index in [0.29, 0.717) is 5.56 Å². The van der Waals surface area contributed by atoms with Crippen molar-refractivity contribution in [1.82, 2.24) is 5.32 Å². The van der Waals surface area contributed by atoms with Crippen LogP contribution in [0.25, 0.3) is 11.1 Å². The third-order valence-corrected chi connectivity index (χ3v) is 4.44. The van der Waals surface area contributed by atoms with Crippen LogP contribution < -0.4 is 10.6 Å². The Kier molecular flexibility index (Phi) is 6.29. The molecule has 132 valence electrons. The quantitative estimate of drug-likeness (QED) is 0.574. The fourth-order valence-electron chi connectivity index (χ4n) is 1.87. The molecule has 0 aliphatic heterocycles. The minimum atomic E-state index is -2.29. The Hall–Kier alpha value is -1.80. The molecule has 0 unspecified atom stereocenters. The van der Waals surface area contributed by atoms with Gasteiger partial charge < -0.3 is 10.1 Å². The van der Waals surface area contributed by atoms with Crippen molar-refractivity contribution in [3.8, 4) is 11.1 Å². The molecule has 0 bridgehead atoms.